The number of H-pyrrole nitrogens is 1. The molecule has 2 rings (SSSR count). The molecule has 1 heterocycles. The van der Waals surface area contributed by atoms with E-state index in [9.17, 15) is 18.4 Å². The molecule has 4 N–H and O–H groups in total. The summed E-state index contributed by atoms with van der Waals surface area (Å²) >= 11 is 0. The highest BCUT2D eigenvalue weighted by molar-refractivity contribution is 6.05. The number of nitrogens with one attached hydrogen (secondary N) is 2. The summed E-state index contributed by atoms with van der Waals surface area (Å²) in [5.74, 6) is -2.49. The van der Waals surface area contributed by atoms with Crippen molar-refractivity contribution in [2.24, 2.45) is 0 Å². The van der Waals surface area contributed by atoms with Crippen LogP contribution in [0.5, 0.6) is 0 Å². The third kappa shape index (κ3) is 2.76. The number of nitrogens with two attached hydrogens (primary N) is 1. The molecule has 0 aliphatic carbocycles. The Kier molecular flexibility index (Phi) is 3.28. The number of benzene rings is 1. The van der Waals surface area contributed by atoms with Gasteiger partial charge in [-0.1, -0.05) is 0 Å². The van der Waals surface area contributed by atoms with Gasteiger partial charge in [-0.3, -0.25) is 9.59 Å². The Morgan fingerprint density at radius 1 is 1.26 bits per heavy atom. The Morgan fingerprint density at radius 3 is 2.58 bits per heavy atom. The summed E-state index contributed by atoms with van der Waals surface area (Å²) in [7, 11) is 0. The highest BCUT2D eigenvalue weighted by Crippen LogP contribution is 2.24. The fourth-order valence-electron chi connectivity index (χ4n) is 1.46. The largest absolute Gasteiger partial charge is 0.397 e. The number of halogens is 2. The highest BCUT2D eigenvalue weighted by Gasteiger charge is 2.13. The number of aromatic nitrogens is 1. The van der Waals surface area contributed by atoms with Crippen molar-refractivity contribution in [1.29, 1.82) is 0 Å². The van der Waals surface area contributed by atoms with Gasteiger partial charge in [0.15, 0.2) is 5.82 Å². The van der Waals surface area contributed by atoms with Crippen molar-refractivity contribution in [3.05, 3.63) is 58.0 Å². The van der Waals surface area contributed by atoms with Gasteiger partial charge in [0.25, 0.3) is 5.91 Å². The van der Waals surface area contributed by atoms with Crippen LogP contribution < -0.4 is 16.6 Å². The molecule has 0 saturated carbocycles. The predicted molar refractivity (Wildman–Crippen MR) is 65.8 cm³/mol. The molecular formula is C12H9F2N3O2. The van der Waals surface area contributed by atoms with Crippen molar-refractivity contribution >= 4 is 17.3 Å². The van der Waals surface area contributed by atoms with E-state index in [2.05, 4.69) is 10.3 Å². The van der Waals surface area contributed by atoms with Crippen LogP contribution in [0, 0.1) is 11.6 Å². The van der Waals surface area contributed by atoms with Crippen LogP contribution in [0.15, 0.2) is 35.3 Å². The van der Waals surface area contributed by atoms with Gasteiger partial charge in [-0.05, 0) is 12.1 Å². The van der Waals surface area contributed by atoms with Crippen LogP contribution in [0.25, 0.3) is 0 Å². The van der Waals surface area contributed by atoms with Gasteiger partial charge in [0.2, 0.25) is 5.56 Å². The molecule has 0 bridgehead atoms. The average molecular weight is 265 g/mol. The summed E-state index contributed by atoms with van der Waals surface area (Å²) in [5, 5.41) is 2.21. The number of carbonyl (C=O) groups excluding carboxylic acids is 1. The average Bonchev–Trinajstić information content (AvgIpc) is 2.34. The monoisotopic (exact) mass is 265 g/mol. The Morgan fingerprint density at radius 2 is 2.00 bits per heavy atom. The molecule has 7 heteroatoms. The first-order chi connectivity index (χ1) is 8.97. The lowest BCUT2D eigenvalue weighted by atomic mass is 10.2. The predicted octanol–water partition coefficient (Wildman–Crippen LogP) is 1.49. The minimum atomic E-state index is -0.977. The fraction of sp³-hybridized carbons (Fsp3) is 0. The van der Waals surface area contributed by atoms with E-state index in [4.69, 9.17) is 5.73 Å². The standard InChI is InChI=1S/C12H9F2N3O2/c13-7-3-8(14)11(9(15)4-7)17-12(19)6-1-2-10(18)16-5-6/h1-5H,15H2,(H,16,18)(H,17,19). The lowest BCUT2D eigenvalue weighted by molar-refractivity contribution is 0.102. The zero-order chi connectivity index (χ0) is 14.0. The van der Waals surface area contributed by atoms with Crippen molar-refractivity contribution in [3.8, 4) is 0 Å². The van der Waals surface area contributed by atoms with Crippen LogP contribution >= 0.6 is 0 Å². The second-order valence-corrected chi connectivity index (χ2v) is 3.75. The van der Waals surface area contributed by atoms with Gasteiger partial charge in [0, 0.05) is 18.3 Å². The summed E-state index contributed by atoms with van der Waals surface area (Å²) in [4.78, 5) is 24.9. The molecule has 1 amide bonds. The van der Waals surface area contributed by atoms with E-state index in [1.807, 2.05) is 0 Å². The lowest BCUT2D eigenvalue weighted by Gasteiger charge is -2.09. The minimum absolute atomic E-state index is 0.114. The summed E-state index contributed by atoms with van der Waals surface area (Å²) in [5.41, 5.74) is 4.63. The zero-order valence-corrected chi connectivity index (χ0v) is 9.54. The molecular weight excluding hydrogens is 256 g/mol. The quantitative estimate of drug-likeness (QED) is 0.719. The molecule has 1 aromatic heterocycles. The fourth-order valence-corrected chi connectivity index (χ4v) is 1.46. The Balaban J connectivity index is 2.29. The van der Waals surface area contributed by atoms with Crippen LogP contribution in [-0.4, -0.2) is 10.9 Å². The smallest absolute Gasteiger partial charge is 0.257 e. The molecule has 0 aliphatic heterocycles. The van der Waals surface area contributed by atoms with Gasteiger partial charge in [-0.15, -0.1) is 0 Å². The number of rotatable bonds is 2. The topological polar surface area (TPSA) is 88.0 Å². The van der Waals surface area contributed by atoms with Crippen molar-refractivity contribution < 1.29 is 13.6 Å². The first-order valence-electron chi connectivity index (χ1n) is 5.22. The number of aromatic amines is 1. The summed E-state index contributed by atoms with van der Waals surface area (Å²) in [6.45, 7) is 0. The Bertz CT molecular complexity index is 654. The molecule has 0 aliphatic rings. The number of hydrogen-bond donors (Lipinski definition) is 3. The van der Waals surface area contributed by atoms with Gasteiger partial charge in [-0.2, -0.15) is 0 Å². The first-order valence-corrected chi connectivity index (χ1v) is 5.22. The van der Waals surface area contributed by atoms with Crippen LogP contribution in [0.4, 0.5) is 20.2 Å². The molecule has 0 saturated heterocycles. The maximum absolute atomic E-state index is 13.5. The third-order valence-corrected chi connectivity index (χ3v) is 2.37. The van der Waals surface area contributed by atoms with E-state index in [1.165, 1.54) is 12.3 Å². The maximum Gasteiger partial charge on any atom is 0.257 e. The molecule has 0 radical (unpaired) electrons. The summed E-state index contributed by atoms with van der Waals surface area (Å²) in [6, 6.07) is 3.93. The molecule has 0 unspecified atom stereocenters. The third-order valence-electron chi connectivity index (χ3n) is 2.37. The number of anilines is 2. The van der Waals surface area contributed by atoms with Crippen LogP contribution in [-0.2, 0) is 0 Å². The summed E-state index contributed by atoms with van der Waals surface area (Å²) < 4.78 is 26.3. The molecule has 2 aromatic rings. The number of carbonyl (C=O) groups is 1. The van der Waals surface area contributed by atoms with E-state index in [0.29, 0.717) is 6.07 Å². The van der Waals surface area contributed by atoms with E-state index in [1.54, 1.807) is 0 Å². The second kappa shape index (κ2) is 4.89. The van der Waals surface area contributed by atoms with E-state index >= 15 is 0 Å². The van der Waals surface area contributed by atoms with Gasteiger partial charge >= 0.3 is 0 Å². The number of pyridine rings is 1. The molecule has 5 nitrogen and oxygen atoms in total. The van der Waals surface area contributed by atoms with Crippen molar-refractivity contribution in [1.82, 2.24) is 4.98 Å². The number of hydrogen-bond acceptors (Lipinski definition) is 3. The molecule has 0 atom stereocenters. The van der Waals surface area contributed by atoms with E-state index < -0.39 is 17.5 Å². The minimum Gasteiger partial charge on any atom is -0.397 e. The molecule has 0 fully saturated rings. The Hall–Kier alpha value is -2.70. The van der Waals surface area contributed by atoms with Crippen molar-refractivity contribution in [3.63, 3.8) is 0 Å². The molecule has 19 heavy (non-hydrogen) atoms. The zero-order valence-electron chi connectivity index (χ0n) is 9.54. The van der Waals surface area contributed by atoms with Gasteiger partial charge < -0.3 is 16.0 Å². The van der Waals surface area contributed by atoms with Crippen LogP contribution in [0.2, 0.25) is 0 Å². The van der Waals surface area contributed by atoms with Gasteiger partial charge in [0.1, 0.15) is 11.5 Å². The van der Waals surface area contributed by atoms with E-state index in [0.717, 1.165) is 12.1 Å². The second-order valence-electron chi connectivity index (χ2n) is 3.75. The normalized spacial score (nSPS) is 10.2. The van der Waals surface area contributed by atoms with Crippen molar-refractivity contribution in [2.45, 2.75) is 0 Å². The maximum atomic E-state index is 13.5. The van der Waals surface area contributed by atoms with E-state index in [-0.39, 0.29) is 22.5 Å². The van der Waals surface area contributed by atoms with Gasteiger partial charge in [0.05, 0.1) is 11.3 Å². The Labute approximate surface area is 106 Å². The van der Waals surface area contributed by atoms with Gasteiger partial charge in [-0.25, -0.2) is 8.78 Å². The first kappa shape index (κ1) is 12.7. The molecule has 98 valence electrons. The lowest BCUT2D eigenvalue weighted by Crippen LogP contribution is -2.16. The highest BCUT2D eigenvalue weighted by atomic mass is 19.1. The molecule has 1 aromatic carbocycles. The molecule has 0 spiro atoms. The number of nitrogen functional groups attached to an aromatic ring is 1. The van der Waals surface area contributed by atoms with Crippen molar-refractivity contribution in [2.75, 3.05) is 11.1 Å². The van der Waals surface area contributed by atoms with Crippen LogP contribution in [0.1, 0.15) is 10.4 Å². The van der Waals surface area contributed by atoms with Crippen LogP contribution in [0.3, 0.4) is 0 Å². The number of amides is 1. The SMILES string of the molecule is Nc1cc(F)cc(F)c1NC(=O)c1ccc(=O)[nH]c1. The summed E-state index contributed by atoms with van der Waals surface area (Å²) in [6.07, 6.45) is 1.18.